The van der Waals surface area contributed by atoms with Gasteiger partial charge in [-0.15, -0.1) is 0 Å². The fourth-order valence-corrected chi connectivity index (χ4v) is 5.43. The molecule has 0 aromatic heterocycles. The van der Waals surface area contributed by atoms with Crippen LogP contribution >= 0.6 is 0 Å². The number of benzene rings is 2. The van der Waals surface area contributed by atoms with Gasteiger partial charge in [-0.3, -0.25) is 9.59 Å². The van der Waals surface area contributed by atoms with Crippen LogP contribution in [-0.2, 0) is 10.0 Å². The molecule has 0 bridgehead atoms. The molecule has 7 nitrogen and oxygen atoms in total. The highest BCUT2D eigenvalue weighted by atomic mass is 32.2. The molecular weight excluding hydrogens is 402 g/mol. The second-order valence-electron chi connectivity index (χ2n) is 7.71. The van der Waals surface area contributed by atoms with Crippen molar-refractivity contribution in [3.63, 3.8) is 0 Å². The summed E-state index contributed by atoms with van der Waals surface area (Å²) in [7, 11) is -2.07. The summed E-state index contributed by atoms with van der Waals surface area (Å²) >= 11 is 0. The fraction of sp³-hybridized carbons (Fsp3) is 0.364. The highest BCUT2D eigenvalue weighted by molar-refractivity contribution is 7.89. The smallest absolute Gasteiger partial charge is 0.258 e. The molecule has 1 atom stereocenters. The van der Waals surface area contributed by atoms with E-state index < -0.39 is 15.9 Å². The first-order valence-corrected chi connectivity index (χ1v) is 11.4. The highest BCUT2D eigenvalue weighted by Crippen LogP contribution is 2.27. The first kappa shape index (κ1) is 22.0. The normalized spacial score (nSPS) is 17.5. The number of aryl methyl sites for hydroxylation is 1. The number of piperidine rings is 1. The Kier molecular flexibility index (Phi) is 6.28. The number of amides is 2. The molecule has 160 valence electrons. The fourth-order valence-electron chi connectivity index (χ4n) is 3.70. The van der Waals surface area contributed by atoms with E-state index in [0.29, 0.717) is 28.9 Å². The Morgan fingerprint density at radius 3 is 2.37 bits per heavy atom. The molecule has 0 spiro atoms. The first-order valence-electron chi connectivity index (χ1n) is 9.93. The maximum atomic E-state index is 13.2. The van der Waals surface area contributed by atoms with E-state index in [1.165, 1.54) is 15.3 Å². The zero-order valence-electron chi connectivity index (χ0n) is 17.5. The van der Waals surface area contributed by atoms with Crippen LogP contribution in [0.3, 0.4) is 0 Å². The molecule has 1 aliphatic rings. The van der Waals surface area contributed by atoms with Gasteiger partial charge in [-0.25, -0.2) is 8.42 Å². The lowest BCUT2D eigenvalue weighted by Crippen LogP contribution is -2.42. The highest BCUT2D eigenvalue weighted by Gasteiger charge is 2.31. The summed E-state index contributed by atoms with van der Waals surface area (Å²) in [5.41, 5.74) is 7.19. The second-order valence-corrected chi connectivity index (χ2v) is 9.60. The predicted octanol–water partition coefficient (Wildman–Crippen LogP) is 2.93. The van der Waals surface area contributed by atoms with E-state index in [1.54, 1.807) is 50.4 Å². The number of sulfonamides is 1. The van der Waals surface area contributed by atoms with E-state index in [1.807, 2.05) is 6.92 Å². The van der Waals surface area contributed by atoms with Crippen molar-refractivity contribution in [3.8, 4) is 0 Å². The van der Waals surface area contributed by atoms with E-state index in [-0.39, 0.29) is 16.8 Å². The van der Waals surface area contributed by atoms with Gasteiger partial charge < -0.3 is 10.6 Å². The predicted molar refractivity (Wildman–Crippen MR) is 116 cm³/mol. The zero-order valence-corrected chi connectivity index (χ0v) is 18.3. The Balaban J connectivity index is 1.92. The van der Waals surface area contributed by atoms with Crippen molar-refractivity contribution < 1.29 is 18.0 Å². The van der Waals surface area contributed by atoms with Crippen molar-refractivity contribution in [2.75, 3.05) is 18.5 Å². The molecule has 0 radical (unpaired) electrons. The number of carbonyl (C=O) groups is 2. The molecule has 0 aliphatic carbocycles. The van der Waals surface area contributed by atoms with Gasteiger partial charge >= 0.3 is 0 Å². The summed E-state index contributed by atoms with van der Waals surface area (Å²) in [6.45, 7) is 4.18. The zero-order chi connectivity index (χ0) is 22.1. The van der Waals surface area contributed by atoms with Crippen molar-refractivity contribution in [1.82, 2.24) is 4.31 Å². The van der Waals surface area contributed by atoms with Crippen LogP contribution in [0, 0.1) is 6.92 Å². The third-order valence-electron chi connectivity index (χ3n) is 5.63. The van der Waals surface area contributed by atoms with Gasteiger partial charge in [0.15, 0.2) is 0 Å². The third-order valence-corrected chi connectivity index (χ3v) is 7.64. The Morgan fingerprint density at radius 2 is 1.77 bits per heavy atom. The van der Waals surface area contributed by atoms with E-state index in [4.69, 9.17) is 5.73 Å². The average Bonchev–Trinajstić information content (AvgIpc) is 2.73. The molecule has 2 aromatic rings. The minimum Gasteiger partial charge on any atom is -0.366 e. The van der Waals surface area contributed by atoms with Gasteiger partial charge in [0.25, 0.3) is 5.91 Å². The van der Waals surface area contributed by atoms with Crippen LogP contribution in [0.4, 0.5) is 5.69 Å². The molecule has 1 unspecified atom stereocenters. The minimum atomic E-state index is -3.68. The van der Waals surface area contributed by atoms with Crippen molar-refractivity contribution in [2.24, 2.45) is 5.73 Å². The molecule has 30 heavy (non-hydrogen) atoms. The average molecular weight is 430 g/mol. The van der Waals surface area contributed by atoms with Crippen LogP contribution in [0.5, 0.6) is 0 Å². The van der Waals surface area contributed by atoms with Gasteiger partial charge in [0.05, 0.1) is 4.90 Å². The number of carbonyl (C=O) groups excluding carboxylic acids is 2. The summed E-state index contributed by atoms with van der Waals surface area (Å²) < 4.78 is 27.9. The van der Waals surface area contributed by atoms with Crippen molar-refractivity contribution in [3.05, 3.63) is 59.2 Å². The monoisotopic (exact) mass is 429 g/mol. The molecule has 0 saturated carbocycles. The van der Waals surface area contributed by atoms with Gasteiger partial charge in [-0.2, -0.15) is 4.31 Å². The Hall–Kier alpha value is -2.71. The number of hydrogen-bond donors (Lipinski definition) is 1. The third kappa shape index (κ3) is 4.24. The Morgan fingerprint density at radius 1 is 1.10 bits per heavy atom. The molecule has 1 fully saturated rings. The largest absolute Gasteiger partial charge is 0.366 e. The summed E-state index contributed by atoms with van der Waals surface area (Å²) in [4.78, 5) is 25.9. The molecule has 2 N–H and O–H groups in total. The summed E-state index contributed by atoms with van der Waals surface area (Å²) in [6.07, 6.45) is 2.69. The SMILES string of the molecule is Cc1ccc(S(=O)(=O)N2CCCCC2C)cc1C(=O)N(C)c1ccc(C(N)=O)cc1. The molecule has 1 heterocycles. The topological polar surface area (TPSA) is 101 Å². The lowest BCUT2D eigenvalue weighted by atomic mass is 10.1. The Bertz CT molecular complexity index is 1060. The van der Waals surface area contributed by atoms with E-state index in [9.17, 15) is 18.0 Å². The Labute approximate surface area is 177 Å². The van der Waals surface area contributed by atoms with Crippen LogP contribution in [0.15, 0.2) is 47.4 Å². The van der Waals surface area contributed by atoms with Gasteiger partial charge in [0.1, 0.15) is 0 Å². The lowest BCUT2D eigenvalue weighted by molar-refractivity contribution is 0.0988. The summed E-state index contributed by atoms with van der Waals surface area (Å²) in [5, 5.41) is 0. The van der Waals surface area contributed by atoms with Gasteiger partial charge in [-0.05, 0) is 68.7 Å². The summed E-state index contributed by atoms with van der Waals surface area (Å²) in [6, 6.07) is 11.0. The molecule has 1 saturated heterocycles. The molecule has 1 aliphatic heterocycles. The number of nitrogens with two attached hydrogens (primary N) is 1. The van der Waals surface area contributed by atoms with E-state index >= 15 is 0 Å². The van der Waals surface area contributed by atoms with Crippen LogP contribution in [0.25, 0.3) is 0 Å². The van der Waals surface area contributed by atoms with Gasteiger partial charge in [-0.1, -0.05) is 12.5 Å². The molecule has 2 amide bonds. The van der Waals surface area contributed by atoms with E-state index in [0.717, 1.165) is 19.3 Å². The maximum Gasteiger partial charge on any atom is 0.258 e. The van der Waals surface area contributed by atoms with Crippen LogP contribution in [0.1, 0.15) is 52.5 Å². The molecule has 8 heteroatoms. The maximum absolute atomic E-state index is 13.2. The second kappa shape index (κ2) is 8.57. The molecule has 2 aromatic carbocycles. The van der Waals surface area contributed by atoms with E-state index in [2.05, 4.69) is 0 Å². The molecular formula is C22H27N3O4S. The standard InChI is InChI=1S/C22H27N3O4S/c1-15-7-12-19(30(28,29)25-13-5-4-6-16(25)2)14-20(15)22(27)24(3)18-10-8-17(9-11-18)21(23)26/h7-12,14,16H,4-6,13H2,1-3H3,(H2,23,26). The number of hydrogen-bond acceptors (Lipinski definition) is 4. The number of rotatable bonds is 5. The molecule has 3 rings (SSSR count). The van der Waals surface area contributed by atoms with Crippen LogP contribution in [0.2, 0.25) is 0 Å². The minimum absolute atomic E-state index is 0.0596. The van der Waals surface area contributed by atoms with Gasteiger partial charge in [0, 0.05) is 36.4 Å². The van der Waals surface area contributed by atoms with Crippen LogP contribution in [-0.4, -0.2) is 44.2 Å². The number of primary amides is 1. The summed E-state index contributed by atoms with van der Waals surface area (Å²) in [5.74, 6) is -0.876. The van der Waals surface area contributed by atoms with Gasteiger partial charge in [0.2, 0.25) is 15.9 Å². The quantitative estimate of drug-likeness (QED) is 0.790. The number of anilines is 1. The van der Waals surface area contributed by atoms with Crippen molar-refractivity contribution in [1.29, 1.82) is 0 Å². The van der Waals surface area contributed by atoms with Crippen LogP contribution < -0.4 is 10.6 Å². The first-order chi connectivity index (χ1) is 14.1. The lowest BCUT2D eigenvalue weighted by Gasteiger charge is -2.32. The van der Waals surface area contributed by atoms with Crippen molar-refractivity contribution >= 4 is 27.5 Å². The van der Waals surface area contributed by atoms with Crippen molar-refractivity contribution in [2.45, 2.75) is 44.0 Å². The number of nitrogens with zero attached hydrogens (tertiary/aromatic N) is 2.